The van der Waals surface area contributed by atoms with Crippen molar-refractivity contribution < 1.29 is 9.53 Å². The van der Waals surface area contributed by atoms with Crippen LogP contribution in [-0.2, 0) is 4.79 Å². The summed E-state index contributed by atoms with van der Waals surface area (Å²) in [6.45, 7) is 1.76. The number of amides is 1. The number of carbonyl (C=O) groups excluding carboxylic acids is 1. The average Bonchev–Trinajstić information content (AvgIpc) is 2.88. The smallest absolute Gasteiger partial charge is 0.260 e. The van der Waals surface area contributed by atoms with Crippen molar-refractivity contribution in [3.8, 4) is 5.75 Å². The molecule has 2 fully saturated rings. The predicted molar refractivity (Wildman–Crippen MR) is 82.3 cm³/mol. The quantitative estimate of drug-likeness (QED) is 0.932. The highest BCUT2D eigenvalue weighted by Gasteiger charge is 2.38. The molecule has 21 heavy (non-hydrogen) atoms. The van der Waals surface area contributed by atoms with Crippen molar-refractivity contribution in [3.05, 3.63) is 29.3 Å². The number of benzene rings is 1. The van der Waals surface area contributed by atoms with E-state index in [1.807, 2.05) is 17.0 Å². The Morgan fingerprint density at radius 1 is 1.33 bits per heavy atom. The summed E-state index contributed by atoms with van der Waals surface area (Å²) in [5.74, 6) is 1.89. The maximum absolute atomic E-state index is 12.3. The number of likely N-dealkylation sites (tertiary alicyclic amines) is 1. The predicted octanol–water partition coefficient (Wildman–Crippen LogP) is 2.30. The summed E-state index contributed by atoms with van der Waals surface area (Å²) in [5, 5.41) is 0.612. The number of fused-ring (bicyclic) bond motifs is 1. The molecule has 2 N–H and O–H groups in total. The fraction of sp³-hybridized carbons (Fsp3) is 0.562. The lowest BCUT2D eigenvalue weighted by Gasteiger charge is -2.27. The van der Waals surface area contributed by atoms with Gasteiger partial charge in [-0.1, -0.05) is 17.7 Å². The van der Waals surface area contributed by atoms with Crippen LogP contribution in [0.2, 0.25) is 5.02 Å². The van der Waals surface area contributed by atoms with Crippen LogP contribution in [0.4, 0.5) is 0 Å². The summed E-state index contributed by atoms with van der Waals surface area (Å²) in [6, 6.07) is 7.43. The molecule has 0 bridgehead atoms. The number of nitrogens with zero attached hydrogens (tertiary/aromatic N) is 1. The van der Waals surface area contributed by atoms with Gasteiger partial charge in [0.05, 0.1) is 0 Å². The van der Waals surface area contributed by atoms with Gasteiger partial charge in [0.1, 0.15) is 5.75 Å². The van der Waals surface area contributed by atoms with E-state index in [2.05, 4.69) is 0 Å². The third kappa shape index (κ3) is 3.50. The van der Waals surface area contributed by atoms with Gasteiger partial charge in [0.15, 0.2) is 6.61 Å². The third-order valence-electron chi connectivity index (χ3n) is 4.60. The summed E-state index contributed by atoms with van der Waals surface area (Å²) < 4.78 is 5.54. The van der Waals surface area contributed by atoms with Crippen molar-refractivity contribution in [1.29, 1.82) is 0 Å². The zero-order chi connectivity index (χ0) is 14.8. The van der Waals surface area contributed by atoms with Gasteiger partial charge in [0.25, 0.3) is 5.91 Å². The van der Waals surface area contributed by atoms with Gasteiger partial charge < -0.3 is 15.4 Å². The van der Waals surface area contributed by atoms with Gasteiger partial charge in [-0.05, 0) is 49.3 Å². The Bertz CT molecular complexity index is 523. The normalized spacial score (nSPS) is 28.3. The highest BCUT2D eigenvalue weighted by molar-refractivity contribution is 6.30. The Morgan fingerprint density at radius 2 is 2.14 bits per heavy atom. The van der Waals surface area contributed by atoms with Crippen LogP contribution < -0.4 is 10.5 Å². The van der Waals surface area contributed by atoms with Gasteiger partial charge >= 0.3 is 0 Å². The number of hydrogen-bond acceptors (Lipinski definition) is 3. The summed E-state index contributed by atoms with van der Waals surface area (Å²) in [4.78, 5) is 14.2. The fourth-order valence-corrected chi connectivity index (χ4v) is 3.64. The van der Waals surface area contributed by atoms with E-state index in [0.717, 1.165) is 32.4 Å². The largest absolute Gasteiger partial charge is 0.484 e. The van der Waals surface area contributed by atoms with Gasteiger partial charge in [0, 0.05) is 24.2 Å². The molecule has 1 unspecified atom stereocenters. The number of nitrogens with two attached hydrogens (primary N) is 1. The fourth-order valence-electron chi connectivity index (χ4n) is 3.46. The Kier molecular flexibility index (Phi) is 4.36. The van der Waals surface area contributed by atoms with Gasteiger partial charge in [0.2, 0.25) is 0 Å². The molecule has 3 atom stereocenters. The zero-order valence-electron chi connectivity index (χ0n) is 12.0. The molecule has 1 aliphatic carbocycles. The molecule has 0 aromatic heterocycles. The first-order valence-corrected chi connectivity index (χ1v) is 7.91. The van der Waals surface area contributed by atoms with E-state index < -0.39 is 0 Å². The van der Waals surface area contributed by atoms with Crippen molar-refractivity contribution in [2.75, 3.05) is 19.7 Å². The first kappa shape index (κ1) is 14.7. The monoisotopic (exact) mass is 308 g/mol. The minimum Gasteiger partial charge on any atom is -0.484 e. The van der Waals surface area contributed by atoms with Gasteiger partial charge in [-0.25, -0.2) is 0 Å². The first-order chi connectivity index (χ1) is 10.1. The molecular weight excluding hydrogens is 288 g/mol. The Morgan fingerprint density at radius 3 is 2.95 bits per heavy atom. The van der Waals surface area contributed by atoms with Gasteiger partial charge in [-0.3, -0.25) is 4.79 Å². The average molecular weight is 309 g/mol. The molecule has 2 aliphatic rings. The van der Waals surface area contributed by atoms with E-state index in [4.69, 9.17) is 22.1 Å². The van der Waals surface area contributed by atoms with E-state index in [1.54, 1.807) is 12.1 Å². The van der Waals surface area contributed by atoms with Crippen molar-refractivity contribution >= 4 is 17.5 Å². The topological polar surface area (TPSA) is 55.6 Å². The SMILES string of the molecule is NC1CC[C@@H]2CN(C(=O)COc3cccc(Cl)c3)C[C@@H]2C1. The first-order valence-electron chi connectivity index (χ1n) is 7.53. The molecule has 0 spiro atoms. The molecule has 3 rings (SSSR count). The maximum atomic E-state index is 12.3. The summed E-state index contributed by atoms with van der Waals surface area (Å²) >= 11 is 5.90. The molecule has 4 nitrogen and oxygen atoms in total. The summed E-state index contributed by atoms with van der Waals surface area (Å²) in [5.41, 5.74) is 6.02. The lowest BCUT2D eigenvalue weighted by Crippen LogP contribution is -2.33. The summed E-state index contributed by atoms with van der Waals surface area (Å²) in [6.07, 6.45) is 3.27. The van der Waals surface area contributed by atoms with E-state index in [9.17, 15) is 4.79 Å². The van der Waals surface area contributed by atoms with Crippen molar-refractivity contribution in [1.82, 2.24) is 4.90 Å². The number of rotatable bonds is 3. The molecule has 1 saturated heterocycles. The van der Waals surface area contributed by atoms with Crippen molar-refractivity contribution in [3.63, 3.8) is 0 Å². The van der Waals surface area contributed by atoms with Crippen molar-refractivity contribution in [2.45, 2.75) is 25.3 Å². The molecule has 0 radical (unpaired) electrons. The second kappa shape index (κ2) is 6.24. The summed E-state index contributed by atoms with van der Waals surface area (Å²) in [7, 11) is 0. The molecule has 1 heterocycles. The minimum absolute atomic E-state index is 0.0537. The highest BCUT2D eigenvalue weighted by atomic mass is 35.5. The standard InChI is InChI=1S/C16H21ClN2O2/c17-13-2-1-3-15(7-13)21-10-16(20)19-8-11-4-5-14(18)6-12(11)9-19/h1-3,7,11-12,14H,4-6,8-10,18H2/t11-,12+,14?/m1/s1. The van der Waals surface area contributed by atoms with Crippen LogP contribution in [0.1, 0.15) is 19.3 Å². The van der Waals surface area contributed by atoms with E-state index in [0.29, 0.717) is 28.6 Å². The molecule has 1 amide bonds. The second-order valence-electron chi connectivity index (χ2n) is 6.14. The van der Waals surface area contributed by atoms with E-state index in [1.165, 1.54) is 0 Å². The number of ether oxygens (including phenoxy) is 1. The lowest BCUT2D eigenvalue weighted by molar-refractivity contribution is -0.132. The van der Waals surface area contributed by atoms with Crippen LogP contribution in [0.5, 0.6) is 5.75 Å². The molecular formula is C16H21ClN2O2. The van der Waals surface area contributed by atoms with E-state index in [-0.39, 0.29) is 12.5 Å². The Labute approximate surface area is 130 Å². The van der Waals surface area contributed by atoms with Gasteiger partial charge in [-0.15, -0.1) is 0 Å². The van der Waals surface area contributed by atoms with Crippen LogP contribution in [-0.4, -0.2) is 36.5 Å². The van der Waals surface area contributed by atoms with Crippen LogP contribution in [0.25, 0.3) is 0 Å². The molecule has 1 aliphatic heterocycles. The number of hydrogen-bond donors (Lipinski definition) is 1. The second-order valence-corrected chi connectivity index (χ2v) is 6.57. The molecule has 5 heteroatoms. The molecule has 1 aromatic carbocycles. The molecule has 1 aromatic rings. The van der Waals surface area contributed by atoms with Gasteiger partial charge in [-0.2, -0.15) is 0 Å². The Balaban J connectivity index is 1.52. The third-order valence-corrected chi connectivity index (χ3v) is 4.84. The molecule has 1 saturated carbocycles. The maximum Gasteiger partial charge on any atom is 0.260 e. The van der Waals surface area contributed by atoms with Crippen LogP contribution >= 0.6 is 11.6 Å². The lowest BCUT2D eigenvalue weighted by atomic mass is 9.79. The number of carbonyl (C=O) groups is 1. The van der Waals surface area contributed by atoms with Crippen LogP contribution in [0.15, 0.2) is 24.3 Å². The number of halogens is 1. The Hall–Kier alpha value is -1.26. The zero-order valence-corrected chi connectivity index (χ0v) is 12.8. The highest BCUT2D eigenvalue weighted by Crippen LogP contribution is 2.35. The van der Waals surface area contributed by atoms with Crippen LogP contribution in [0.3, 0.4) is 0 Å². The van der Waals surface area contributed by atoms with E-state index >= 15 is 0 Å². The minimum atomic E-state index is 0.0537. The molecule has 114 valence electrons. The van der Waals surface area contributed by atoms with Crippen molar-refractivity contribution in [2.24, 2.45) is 17.6 Å². The van der Waals surface area contributed by atoms with Crippen LogP contribution in [0, 0.1) is 11.8 Å².